The van der Waals surface area contributed by atoms with E-state index >= 15 is 0 Å². The number of allylic oxidation sites excluding steroid dienone is 2. The molecule has 2 N–H and O–H groups in total. The molecule has 5 nitrogen and oxygen atoms in total. The van der Waals surface area contributed by atoms with Crippen LogP contribution in [0.3, 0.4) is 0 Å². The van der Waals surface area contributed by atoms with Gasteiger partial charge in [-0.15, -0.1) is 13.2 Å². The van der Waals surface area contributed by atoms with Gasteiger partial charge in [-0.25, -0.2) is 4.79 Å². The van der Waals surface area contributed by atoms with Gasteiger partial charge in [0.15, 0.2) is 0 Å². The van der Waals surface area contributed by atoms with Crippen LogP contribution in [0.15, 0.2) is 41.9 Å². The molecule has 0 fully saturated rings. The van der Waals surface area contributed by atoms with Crippen LogP contribution < -0.4 is 5.32 Å². The zero-order valence-electron chi connectivity index (χ0n) is 10.6. The smallest absolute Gasteiger partial charge is 0.371 e. The average Bonchev–Trinajstić information content (AvgIpc) is 2.84. The van der Waals surface area contributed by atoms with Crippen LogP contribution >= 0.6 is 0 Å². The normalized spacial score (nSPS) is 10.2. The Labute approximate surface area is 111 Å². The van der Waals surface area contributed by atoms with E-state index in [1.165, 1.54) is 12.1 Å². The van der Waals surface area contributed by atoms with Crippen molar-refractivity contribution in [1.29, 1.82) is 0 Å². The zero-order valence-corrected chi connectivity index (χ0v) is 10.6. The maximum atomic E-state index is 11.9. The molecule has 0 aliphatic carbocycles. The number of hydrogen-bond donors (Lipinski definition) is 2. The number of amides is 1. The fraction of sp³-hybridized carbons (Fsp3) is 0.286. The Morgan fingerprint density at radius 1 is 1.32 bits per heavy atom. The third-order valence-electron chi connectivity index (χ3n) is 2.58. The molecule has 1 heterocycles. The monoisotopic (exact) mass is 263 g/mol. The Bertz CT molecular complexity index is 466. The van der Waals surface area contributed by atoms with E-state index in [0.717, 1.165) is 0 Å². The van der Waals surface area contributed by atoms with Gasteiger partial charge in [0.1, 0.15) is 5.76 Å². The number of carbonyl (C=O) groups is 2. The largest absolute Gasteiger partial charge is 0.475 e. The van der Waals surface area contributed by atoms with Crippen LogP contribution in [-0.2, 0) is 11.3 Å². The number of furan rings is 1. The van der Waals surface area contributed by atoms with Crippen LogP contribution in [-0.4, -0.2) is 17.0 Å². The third kappa shape index (κ3) is 4.46. The first-order valence-corrected chi connectivity index (χ1v) is 5.90. The van der Waals surface area contributed by atoms with Crippen molar-refractivity contribution < 1.29 is 19.1 Å². The lowest BCUT2D eigenvalue weighted by Crippen LogP contribution is -2.29. The van der Waals surface area contributed by atoms with Gasteiger partial charge in [-0.3, -0.25) is 4.79 Å². The van der Waals surface area contributed by atoms with Crippen molar-refractivity contribution in [2.24, 2.45) is 5.92 Å². The number of hydrogen-bond acceptors (Lipinski definition) is 3. The number of nitrogens with one attached hydrogen (secondary N) is 1. The molecule has 0 spiro atoms. The average molecular weight is 263 g/mol. The predicted molar refractivity (Wildman–Crippen MR) is 70.6 cm³/mol. The fourth-order valence-electron chi connectivity index (χ4n) is 1.62. The third-order valence-corrected chi connectivity index (χ3v) is 2.58. The molecule has 0 saturated carbocycles. The van der Waals surface area contributed by atoms with Gasteiger partial charge in [0.05, 0.1) is 6.54 Å². The van der Waals surface area contributed by atoms with E-state index in [-0.39, 0.29) is 24.1 Å². The van der Waals surface area contributed by atoms with Gasteiger partial charge in [0.2, 0.25) is 11.7 Å². The summed E-state index contributed by atoms with van der Waals surface area (Å²) in [6.45, 7) is 7.38. The van der Waals surface area contributed by atoms with Gasteiger partial charge in [0.25, 0.3) is 0 Å². The lowest BCUT2D eigenvalue weighted by Gasteiger charge is -2.12. The molecule has 0 bridgehead atoms. The Hall–Kier alpha value is -2.30. The van der Waals surface area contributed by atoms with Crippen molar-refractivity contribution in [3.63, 3.8) is 0 Å². The van der Waals surface area contributed by atoms with Crippen molar-refractivity contribution in [3.05, 3.63) is 49.0 Å². The molecule has 5 heteroatoms. The molecule has 1 aromatic rings. The standard InChI is InChI=1S/C14H17NO4/c1-3-5-10(6-4-2)13(16)15-9-11-7-8-12(19-11)14(17)18/h3-4,7-8,10H,1-2,5-6,9H2,(H,15,16)(H,17,18). The van der Waals surface area contributed by atoms with Crippen LogP contribution in [0.5, 0.6) is 0 Å². The van der Waals surface area contributed by atoms with Crippen molar-refractivity contribution in [2.45, 2.75) is 19.4 Å². The molecule has 0 aliphatic rings. The number of rotatable bonds is 8. The van der Waals surface area contributed by atoms with Gasteiger partial charge in [-0.1, -0.05) is 12.2 Å². The van der Waals surface area contributed by atoms with E-state index in [2.05, 4.69) is 18.5 Å². The zero-order chi connectivity index (χ0) is 14.3. The molecule has 102 valence electrons. The summed E-state index contributed by atoms with van der Waals surface area (Å²) in [5, 5.41) is 11.4. The molecule has 0 radical (unpaired) electrons. The fourth-order valence-corrected chi connectivity index (χ4v) is 1.62. The van der Waals surface area contributed by atoms with E-state index in [4.69, 9.17) is 9.52 Å². The highest BCUT2D eigenvalue weighted by Crippen LogP contribution is 2.11. The summed E-state index contributed by atoms with van der Waals surface area (Å²) in [7, 11) is 0. The van der Waals surface area contributed by atoms with Crippen LogP contribution in [0.1, 0.15) is 29.2 Å². The molecule has 1 rings (SSSR count). The molecular weight excluding hydrogens is 246 g/mol. The molecule has 0 saturated heterocycles. The van der Waals surface area contributed by atoms with Gasteiger partial charge < -0.3 is 14.8 Å². The second-order valence-corrected chi connectivity index (χ2v) is 4.03. The van der Waals surface area contributed by atoms with Crippen LogP contribution in [0.25, 0.3) is 0 Å². The van der Waals surface area contributed by atoms with Gasteiger partial charge in [-0.2, -0.15) is 0 Å². The van der Waals surface area contributed by atoms with Crippen molar-refractivity contribution in [1.82, 2.24) is 5.32 Å². The van der Waals surface area contributed by atoms with Crippen molar-refractivity contribution >= 4 is 11.9 Å². The summed E-state index contributed by atoms with van der Waals surface area (Å²) in [5.41, 5.74) is 0. The highest BCUT2D eigenvalue weighted by atomic mass is 16.4. The van der Waals surface area contributed by atoms with E-state index in [0.29, 0.717) is 18.6 Å². The van der Waals surface area contributed by atoms with Gasteiger partial charge >= 0.3 is 5.97 Å². The molecule has 0 atom stereocenters. The van der Waals surface area contributed by atoms with Crippen LogP contribution in [0.4, 0.5) is 0 Å². The van der Waals surface area contributed by atoms with E-state index in [1.807, 2.05) is 0 Å². The quantitative estimate of drug-likeness (QED) is 0.706. The molecular formula is C14H17NO4. The highest BCUT2D eigenvalue weighted by molar-refractivity contribution is 5.84. The summed E-state index contributed by atoms with van der Waals surface area (Å²) in [6.07, 6.45) is 4.50. The Morgan fingerprint density at radius 3 is 2.42 bits per heavy atom. The first-order valence-electron chi connectivity index (χ1n) is 5.90. The van der Waals surface area contributed by atoms with Gasteiger partial charge in [0, 0.05) is 5.92 Å². The van der Waals surface area contributed by atoms with Crippen LogP contribution in [0.2, 0.25) is 0 Å². The minimum absolute atomic E-state index is 0.131. The second-order valence-electron chi connectivity index (χ2n) is 4.03. The summed E-state index contributed by atoms with van der Waals surface area (Å²) >= 11 is 0. The summed E-state index contributed by atoms with van der Waals surface area (Å²) in [4.78, 5) is 22.5. The molecule has 0 aliphatic heterocycles. The lowest BCUT2D eigenvalue weighted by molar-refractivity contribution is -0.125. The number of carbonyl (C=O) groups excluding carboxylic acids is 1. The van der Waals surface area contributed by atoms with Gasteiger partial charge in [-0.05, 0) is 25.0 Å². The topological polar surface area (TPSA) is 79.5 Å². The minimum atomic E-state index is -1.13. The molecule has 1 aromatic heterocycles. The van der Waals surface area contributed by atoms with Crippen molar-refractivity contribution in [3.8, 4) is 0 Å². The maximum Gasteiger partial charge on any atom is 0.371 e. The summed E-state index contributed by atoms with van der Waals surface area (Å²) in [6, 6.07) is 2.88. The lowest BCUT2D eigenvalue weighted by atomic mass is 10.0. The maximum absolute atomic E-state index is 11.9. The molecule has 19 heavy (non-hydrogen) atoms. The summed E-state index contributed by atoms with van der Waals surface area (Å²) < 4.78 is 5.04. The van der Waals surface area contributed by atoms with Crippen LogP contribution in [0, 0.1) is 5.92 Å². The molecule has 0 aromatic carbocycles. The summed E-state index contributed by atoms with van der Waals surface area (Å²) in [5.74, 6) is -1.20. The second kappa shape index (κ2) is 7.20. The molecule has 0 unspecified atom stereocenters. The first kappa shape index (κ1) is 14.8. The Morgan fingerprint density at radius 2 is 1.95 bits per heavy atom. The minimum Gasteiger partial charge on any atom is -0.475 e. The number of aromatic carboxylic acids is 1. The van der Waals surface area contributed by atoms with E-state index < -0.39 is 5.97 Å². The SMILES string of the molecule is C=CCC(CC=C)C(=O)NCc1ccc(C(=O)O)o1. The first-order chi connectivity index (χ1) is 9.08. The van der Waals surface area contributed by atoms with E-state index in [9.17, 15) is 9.59 Å². The number of carboxylic acids is 1. The van der Waals surface area contributed by atoms with E-state index in [1.54, 1.807) is 12.2 Å². The van der Waals surface area contributed by atoms with Crippen molar-refractivity contribution in [2.75, 3.05) is 0 Å². The highest BCUT2D eigenvalue weighted by Gasteiger charge is 2.16. The Kier molecular flexibility index (Phi) is 5.60. The number of carboxylic acid groups (broad SMARTS) is 1. The Balaban J connectivity index is 2.53. The predicted octanol–water partition coefficient (Wildman–Crippen LogP) is 2.36. The molecule has 1 amide bonds.